The van der Waals surface area contributed by atoms with Crippen molar-refractivity contribution in [2.75, 3.05) is 24.5 Å². The summed E-state index contributed by atoms with van der Waals surface area (Å²) in [5.41, 5.74) is -0.960. The van der Waals surface area contributed by atoms with Crippen LogP contribution in [0.4, 0.5) is 10.6 Å². The number of pyridine rings is 1. The number of nitrogens with one attached hydrogen (secondary N) is 2. The minimum Gasteiger partial charge on any atom is -0.355 e. The van der Waals surface area contributed by atoms with E-state index in [9.17, 15) is 14.4 Å². The van der Waals surface area contributed by atoms with Gasteiger partial charge in [-0.2, -0.15) is 0 Å². The van der Waals surface area contributed by atoms with Gasteiger partial charge in [-0.25, -0.2) is 9.78 Å². The molecule has 0 spiro atoms. The SMILES string of the molecule is CC1(C)NC(=O)N(CC(=O)N[C@H]2CCCN(c3ccccn3)C2)C1=O. The molecule has 1 aromatic rings. The highest BCUT2D eigenvalue weighted by Gasteiger charge is 2.45. The second-order valence-corrected chi connectivity index (χ2v) is 6.99. The van der Waals surface area contributed by atoms with E-state index in [1.54, 1.807) is 20.0 Å². The molecule has 2 fully saturated rings. The summed E-state index contributed by atoms with van der Waals surface area (Å²) < 4.78 is 0. The molecule has 2 aliphatic heterocycles. The molecule has 3 rings (SSSR count). The molecule has 0 bridgehead atoms. The second kappa shape index (κ2) is 6.70. The van der Waals surface area contributed by atoms with Crippen LogP contribution in [0.25, 0.3) is 0 Å². The van der Waals surface area contributed by atoms with Gasteiger partial charge in [-0.05, 0) is 38.8 Å². The lowest BCUT2D eigenvalue weighted by atomic mass is 10.1. The third-order valence-electron chi connectivity index (χ3n) is 4.51. The van der Waals surface area contributed by atoms with Gasteiger partial charge in [-0.15, -0.1) is 0 Å². The van der Waals surface area contributed by atoms with Crippen LogP contribution in [0.3, 0.4) is 0 Å². The van der Waals surface area contributed by atoms with E-state index < -0.39 is 11.6 Å². The van der Waals surface area contributed by atoms with E-state index in [4.69, 9.17) is 0 Å². The molecule has 0 aromatic carbocycles. The Bertz CT molecular complexity index is 676. The molecule has 1 aromatic heterocycles. The zero-order chi connectivity index (χ0) is 18.0. The van der Waals surface area contributed by atoms with Crippen molar-refractivity contribution in [3.63, 3.8) is 0 Å². The van der Waals surface area contributed by atoms with E-state index in [0.717, 1.165) is 30.1 Å². The molecule has 2 N–H and O–H groups in total. The Morgan fingerprint density at radius 3 is 2.84 bits per heavy atom. The zero-order valence-corrected chi connectivity index (χ0v) is 14.5. The summed E-state index contributed by atoms with van der Waals surface area (Å²) in [6, 6.07) is 5.19. The number of amides is 4. The smallest absolute Gasteiger partial charge is 0.325 e. The first kappa shape index (κ1) is 17.2. The number of rotatable bonds is 4. The molecule has 25 heavy (non-hydrogen) atoms. The van der Waals surface area contributed by atoms with Gasteiger partial charge in [0.25, 0.3) is 5.91 Å². The topological polar surface area (TPSA) is 94.6 Å². The predicted octanol–water partition coefficient (Wildman–Crippen LogP) is 0.497. The molecule has 0 radical (unpaired) electrons. The van der Waals surface area contributed by atoms with Crippen LogP contribution in [0.1, 0.15) is 26.7 Å². The highest BCUT2D eigenvalue weighted by molar-refractivity contribution is 6.08. The molecule has 134 valence electrons. The van der Waals surface area contributed by atoms with Crippen LogP contribution >= 0.6 is 0 Å². The molecule has 2 saturated heterocycles. The summed E-state index contributed by atoms with van der Waals surface area (Å²) >= 11 is 0. The minimum atomic E-state index is -0.960. The summed E-state index contributed by atoms with van der Waals surface area (Å²) in [5.74, 6) is 0.178. The molecule has 0 saturated carbocycles. The minimum absolute atomic E-state index is 0.0305. The molecule has 2 aliphatic rings. The number of carbonyl (C=O) groups excluding carboxylic acids is 3. The van der Waals surface area contributed by atoms with Gasteiger partial charge in [0.05, 0.1) is 0 Å². The molecule has 3 heterocycles. The summed E-state index contributed by atoms with van der Waals surface area (Å²) in [6.45, 7) is 4.54. The summed E-state index contributed by atoms with van der Waals surface area (Å²) in [5, 5.41) is 5.50. The first-order chi connectivity index (χ1) is 11.9. The molecular formula is C17H23N5O3. The highest BCUT2D eigenvalue weighted by atomic mass is 16.2. The maximum Gasteiger partial charge on any atom is 0.325 e. The molecule has 1 atom stereocenters. The summed E-state index contributed by atoms with van der Waals surface area (Å²) in [7, 11) is 0. The number of hydrogen-bond acceptors (Lipinski definition) is 5. The van der Waals surface area contributed by atoms with Gasteiger partial charge in [-0.3, -0.25) is 14.5 Å². The van der Waals surface area contributed by atoms with Crippen LogP contribution < -0.4 is 15.5 Å². The zero-order valence-electron chi connectivity index (χ0n) is 14.5. The first-order valence-electron chi connectivity index (χ1n) is 8.46. The van der Waals surface area contributed by atoms with Crippen molar-refractivity contribution in [3.05, 3.63) is 24.4 Å². The second-order valence-electron chi connectivity index (χ2n) is 6.99. The quantitative estimate of drug-likeness (QED) is 0.775. The van der Waals surface area contributed by atoms with E-state index in [1.807, 2.05) is 18.2 Å². The Morgan fingerprint density at radius 2 is 2.20 bits per heavy atom. The molecule has 0 aliphatic carbocycles. The molecule has 4 amide bonds. The van der Waals surface area contributed by atoms with Crippen molar-refractivity contribution < 1.29 is 14.4 Å². The van der Waals surface area contributed by atoms with E-state index in [2.05, 4.69) is 20.5 Å². The Hall–Kier alpha value is -2.64. The van der Waals surface area contributed by atoms with Crippen LogP contribution in [0.5, 0.6) is 0 Å². The van der Waals surface area contributed by atoms with Gasteiger partial charge in [0.2, 0.25) is 5.91 Å². The van der Waals surface area contributed by atoms with E-state index in [1.165, 1.54) is 0 Å². The van der Waals surface area contributed by atoms with Crippen molar-refractivity contribution in [1.82, 2.24) is 20.5 Å². The highest BCUT2D eigenvalue weighted by Crippen LogP contribution is 2.18. The average molecular weight is 345 g/mol. The third-order valence-corrected chi connectivity index (χ3v) is 4.51. The van der Waals surface area contributed by atoms with E-state index in [0.29, 0.717) is 6.54 Å². The number of nitrogens with zero attached hydrogens (tertiary/aromatic N) is 3. The number of urea groups is 1. The van der Waals surface area contributed by atoms with Crippen LogP contribution in [-0.4, -0.2) is 58.9 Å². The Balaban J connectivity index is 1.56. The van der Waals surface area contributed by atoms with Gasteiger partial charge < -0.3 is 15.5 Å². The third kappa shape index (κ3) is 3.72. The van der Waals surface area contributed by atoms with Crippen molar-refractivity contribution in [2.24, 2.45) is 0 Å². The van der Waals surface area contributed by atoms with E-state index >= 15 is 0 Å². The number of anilines is 1. The van der Waals surface area contributed by atoms with Gasteiger partial charge in [0.1, 0.15) is 17.9 Å². The molecule has 0 unspecified atom stereocenters. The fourth-order valence-corrected chi connectivity index (χ4v) is 3.22. The standard InChI is InChI=1S/C17H23N5O3/c1-17(2)15(24)22(16(25)20-17)11-14(23)19-12-6-5-9-21(10-12)13-7-3-4-8-18-13/h3-4,7-8,12H,5-6,9-11H2,1-2H3,(H,19,23)(H,20,25)/t12-/m0/s1. The first-order valence-corrected chi connectivity index (χ1v) is 8.46. The fourth-order valence-electron chi connectivity index (χ4n) is 3.22. The Labute approximate surface area is 146 Å². The van der Waals surface area contributed by atoms with Gasteiger partial charge >= 0.3 is 6.03 Å². The van der Waals surface area contributed by atoms with Crippen molar-refractivity contribution in [3.8, 4) is 0 Å². The lowest BCUT2D eigenvalue weighted by Gasteiger charge is -2.34. The normalized spacial score (nSPS) is 22.7. The van der Waals surface area contributed by atoms with Crippen LogP contribution in [-0.2, 0) is 9.59 Å². The Kier molecular flexibility index (Phi) is 4.61. The number of piperidine rings is 1. The van der Waals surface area contributed by atoms with Gasteiger partial charge in [0, 0.05) is 25.3 Å². The summed E-state index contributed by atoms with van der Waals surface area (Å²) in [4.78, 5) is 43.7. The van der Waals surface area contributed by atoms with Crippen LogP contribution in [0, 0.1) is 0 Å². The van der Waals surface area contributed by atoms with Crippen LogP contribution in [0.15, 0.2) is 24.4 Å². The lowest BCUT2D eigenvalue weighted by Crippen LogP contribution is -2.51. The Morgan fingerprint density at radius 1 is 1.40 bits per heavy atom. The number of carbonyl (C=O) groups is 3. The maximum absolute atomic E-state index is 12.3. The largest absolute Gasteiger partial charge is 0.355 e. The fraction of sp³-hybridized carbons (Fsp3) is 0.529. The number of hydrogen-bond donors (Lipinski definition) is 2. The lowest BCUT2D eigenvalue weighted by molar-refractivity contribution is -0.134. The molecule has 8 nitrogen and oxygen atoms in total. The summed E-state index contributed by atoms with van der Waals surface area (Å²) in [6.07, 6.45) is 3.55. The maximum atomic E-state index is 12.3. The van der Waals surface area contributed by atoms with Crippen molar-refractivity contribution >= 4 is 23.7 Å². The number of imide groups is 1. The van der Waals surface area contributed by atoms with Crippen LogP contribution in [0.2, 0.25) is 0 Å². The van der Waals surface area contributed by atoms with Gasteiger partial charge in [-0.1, -0.05) is 6.07 Å². The predicted molar refractivity (Wildman–Crippen MR) is 91.9 cm³/mol. The molecular weight excluding hydrogens is 322 g/mol. The monoisotopic (exact) mass is 345 g/mol. The molecule has 8 heteroatoms. The van der Waals surface area contributed by atoms with Gasteiger partial charge in [0.15, 0.2) is 0 Å². The van der Waals surface area contributed by atoms with E-state index in [-0.39, 0.29) is 24.4 Å². The van der Waals surface area contributed by atoms with Crippen molar-refractivity contribution in [1.29, 1.82) is 0 Å². The average Bonchev–Trinajstić information content (AvgIpc) is 2.78. The van der Waals surface area contributed by atoms with Crippen molar-refractivity contribution in [2.45, 2.75) is 38.3 Å². The number of aromatic nitrogens is 1.